The quantitative estimate of drug-likeness (QED) is 0.704. The maximum atomic E-state index is 11.7. The van der Waals surface area contributed by atoms with Crippen LogP contribution in [0.25, 0.3) is 0 Å². The number of amides is 1. The van der Waals surface area contributed by atoms with E-state index in [9.17, 15) is 9.59 Å². The second-order valence-electron chi connectivity index (χ2n) is 4.17. The van der Waals surface area contributed by atoms with E-state index >= 15 is 0 Å². The number of aryl methyl sites for hydroxylation is 2. The highest BCUT2D eigenvalue weighted by atomic mass is 32.1. The molecule has 0 aromatic carbocycles. The first-order valence-electron chi connectivity index (χ1n) is 6.07. The fraction of sp³-hybridized carbons (Fsp3) is 0.333. The summed E-state index contributed by atoms with van der Waals surface area (Å²) in [5.74, 6) is 0.190. The number of carbonyl (C=O) groups is 1. The third-order valence-electron chi connectivity index (χ3n) is 2.42. The van der Waals surface area contributed by atoms with Crippen LogP contribution in [0, 0.1) is 13.8 Å². The van der Waals surface area contributed by atoms with Crippen LogP contribution in [0.1, 0.15) is 21.2 Å². The minimum absolute atomic E-state index is 0.206. The highest BCUT2D eigenvalue weighted by Crippen LogP contribution is 2.07. The summed E-state index contributed by atoms with van der Waals surface area (Å²) in [5.41, 5.74) is 0.856. The second kappa shape index (κ2) is 6.29. The Labute approximate surface area is 119 Å². The number of nitrogens with one attached hydrogen (secondary N) is 3. The van der Waals surface area contributed by atoms with Crippen molar-refractivity contribution >= 4 is 23.2 Å². The van der Waals surface area contributed by atoms with Crippen molar-refractivity contribution in [2.75, 3.05) is 18.4 Å². The van der Waals surface area contributed by atoms with Gasteiger partial charge in [-0.05, 0) is 13.8 Å². The van der Waals surface area contributed by atoms with E-state index in [-0.39, 0.29) is 11.5 Å². The summed E-state index contributed by atoms with van der Waals surface area (Å²) in [5, 5.41) is 8.25. The molecule has 3 N–H and O–H groups in total. The van der Waals surface area contributed by atoms with Gasteiger partial charge in [-0.1, -0.05) is 0 Å². The summed E-state index contributed by atoms with van der Waals surface area (Å²) in [6, 6.07) is 1.41. The number of hydrogen-bond acceptors (Lipinski definition) is 6. The SMILES string of the molecule is Cc1cc(=O)[nH]c(NCCNC(=O)c2csc(C)n2)n1. The van der Waals surface area contributed by atoms with E-state index in [1.165, 1.54) is 17.4 Å². The van der Waals surface area contributed by atoms with Crippen molar-refractivity contribution in [3.8, 4) is 0 Å². The van der Waals surface area contributed by atoms with Crippen LogP contribution in [0.2, 0.25) is 0 Å². The Hall–Kier alpha value is -2.22. The molecular weight excluding hydrogens is 278 g/mol. The van der Waals surface area contributed by atoms with Crippen molar-refractivity contribution < 1.29 is 4.79 Å². The Morgan fingerprint density at radius 2 is 2.15 bits per heavy atom. The smallest absolute Gasteiger partial charge is 0.270 e. The highest BCUT2D eigenvalue weighted by molar-refractivity contribution is 7.09. The number of aromatic amines is 1. The number of anilines is 1. The van der Waals surface area contributed by atoms with Gasteiger partial charge in [0.25, 0.3) is 11.5 Å². The summed E-state index contributed by atoms with van der Waals surface area (Å²) in [4.78, 5) is 33.7. The maximum Gasteiger partial charge on any atom is 0.270 e. The molecule has 0 saturated carbocycles. The predicted octanol–water partition coefficient (Wildman–Crippen LogP) is 0.685. The molecule has 0 saturated heterocycles. The molecule has 2 heterocycles. The predicted molar refractivity (Wildman–Crippen MR) is 77.3 cm³/mol. The number of rotatable bonds is 5. The van der Waals surface area contributed by atoms with Crippen LogP contribution >= 0.6 is 11.3 Å². The number of aromatic nitrogens is 3. The third kappa shape index (κ3) is 3.89. The normalized spacial score (nSPS) is 10.3. The van der Waals surface area contributed by atoms with Gasteiger partial charge in [-0.2, -0.15) is 0 Å². The molecule has 8 heteroatoms. The molecule has 0 atom stereocenters. The largest absolute Gasteiger partial charge is 0.354 e. The average molecular weight is 293 g/mol. The Balaban J connectivity index is 1.79. The van der Waals surface area contributed by atoms with E-state index in [0.29, 0.717) is 30.4 Å². The zero-order valence-electron chi connectivity index (χ0n) is 11.2. The molecule has 0 spiro atoms. The summed E-state index contributed by atoms with van der Waals surface area (Å²) < 4.78 is 0. The second-order valence-corrected chi connectivity index (χ2v) is 5.23. The van der Waals surface area contributed by atoms with Crippen molar-refractivity contribution in [1.82, 2.24) is 20.3 Å². The molecule has 0 aliphatic heterocycles. The van der Waals surface area contributed by atoms with Crippen molar-refractivity contribution in [1.29, 1.82) is 0 Å². The van der Waals surface area contributed by atoms with Crippen molar-refractivity contribution in [3.63, 3.8) is 0 Å². The zero-order chi connectivity index (χ0) is 14.5. The monoisotopic (exact) mass is 293 g/mol. The molecular formula is C12H15N5O2S. The molecule has 106 valence electrons. The zero-order valence-corrected chi connectivity index (χ0v) is 12.0. The van der Waals surface area contributed by atoms with Crippen LogP contribution < -0.4 is 16.2 Å². The summed E-state index contributed by atoms with van der Waals surface area (Å²) >= 11 is 1.43. The summed E-state index contributed by atoms with van der Waals surface area (Å²) in [6.45, 7) is 4.46. The first-order valence-corrected chi connectivity index (χ1v) is 6.95. The molecule has 0 aliphatic carbocycles. The van der Waals surface area contributed by atoms with Gasteiger partial charge >= 0.3 is 0 Å². The van der Waals surface area contributed by atoms with Crippen LogP contribution in [-0.4, -0.2) is 33.9 Å². The topological polar surface area (TPSA) is 99.8 Å². The van der Waals surface area contributed by atoms with Gasteiger partial charge in [0.1, 0.15) is 5.69 Å². The standard InChI is InChI=1S/C12H15N5O2S/c1-7-5-10(18)17-12(15-7)14-4-3-13-11(19)9-6-20-8(2)16-9/h5-6H,3-4H2,1-2H3,(H,13,19)(H2,14,15,17,18). The molecule has 0 aliphatic rings. The molecule has 20 heavy (non-hydrogen) atoms. The first kappa shape index (κ1) is 14.2. The lowest BCUT2D eigenvalue weighted by molar-refractivity contribution is 0.0950. The number of thiazole rings is 1. The van der Waals surface area contributed by atoms with E-state index in [4.69, 9.17) is 0 Å². The van der Waals surface area contributed by atoms with Gasteiger partial charge in [-0.25, -0.2) is 9.97 Å². The van der Waals surface area contributed by atoms with E-state index in [2.05, 4.69) is 25.6 Å². The van der Waals surface area contributed by atoms with E-state index in [1.807, 2.05) is 6.92 Å². The third-order valence-corrected chi connectivity index (χ3v) is 3.20. The van der Waals surface area contributed by atoms with Crippen molar-refractivity contribution in [2.45, 2.75) is 13.8 Å². The van der Waals surface area contributed by atoms with Gasteiger partial charge in [0.15, 0.2) is 0 Å². The Kier molecular flexibility index (Phi) is 4.46. The van der Waals surface area contributed by atoms with Crippen LogP contribution in [0.5, 0.6) is 0 Å². The van der Waals surface area contributed by atoms with E-state index in [1.54, 1.807) is 12.3 Å². The number of nitrogens with zero attached hydrogens (tertiary/aromatic N) is 2. The molecule has 7 nitrogen and oxygen atoms in total. The summed E-state index contributed by atoms with van der Waals surface area (Å²) in [7, 11) is 0. The van der Waals surface area contributed by atoms with Gasteiger partial charge in [-0.3, -0.25) is 14.6 Å². The molecule has 2 aromatic rings. The fourth-order valence-electron chi connectivity index (χ4n) is 1.58. The fourth-order valence-corrected chi connectivity index (χ4v) is 2.17. The highest BCUT2D eigenvalue weighted by Gasteiger charge is 2.08. The Morgan fingerprint density at radius 3 is 2.80 bits per heavy atom. The van der Waals surface area contributed by atoms with Gasteiger partial charge in [0.05, 0.1) is 5.01 Å². The molecule has 0 radical (unpaired) electrons. The van der Waals surface area contributed by atoms with Crippen LogP contribution in [0.4, 0.5) is 5.95 Å². The maximum absolute atomic E-state index is 11.7. The van der Waals surface area contributed by atoms with Gasteiger partial charge in [0, 0.05) is 30.2 Å². The lowest BCUT2D eigenvalue weighted by Gasteiger charge is -2.06. The van der Waals surface area contributed by atoms with Crippen molar-refractivity contribution in [2.24, 2.45) is 0 Å². The lowest BCUT2D eigenvalue weighted by Crippen LogP contribution is -2.29. The Bertz CT molecular complexity index is 664. The molecule has 0 bridgehead atoms. The van der Waals surface area contributed by atoms with E-state index < -0.39 is 0 Å². The molecule has 2 rings (SSSR count). The lowest BCUT2D eigenvalue weighted by atomic mass is 10.4. The van der Waals surface area contributed by atoms with Gasteiger partial charge in [-0.15, -0.1) is 11.3 Å². The molecule has 0 fully saturated rings. The van der Waals surface area contributed by atoms with Crippen molar-refractivity contribution in [3.05, 3.63) is 38.2 Å². The van der Waals surface area contributed by atoms with Gasteiger partial charge in [0.2, 0.25) is 5.95 Å². The molecule has 1 amide bonds. The Morgan fingerprint density at radius 1 is 1.35 bits per heavy atom. The van der Waals surface area contributed by atoms with Crippen LogP contribution in [0.15, 0.2) is 16.2 Å². The minimum Gasteiger partial charge on any atom is -0.354 e. The summed E-state index contributed by atoms with van der Waals surface area (Å²) in [6.07, 6.45) is 0. The minimum atomic E-state index is -0.207. The number of H-pyrrole nitrogens is 1. The van der Waals surface area contributed by atoms with Gasteiger partial charge < -0.3 is 10.6 Å². The molecule has 2 aromatic heterocycles. The first-order chi connectivity index (χ1) is 9.54. The van der Waals surface area contributed by atoms with E-state index in [0.717, 1.165) is 5.01 Å². The number of carbonyl (C=O) groups excluding carboxylic acids is 1. The van der Waals surface area contributed by atoms with Crippen LogP contribution in [0.3, 0.4) is 0 Å². The average Bonchev–Trinajstić information content (AvgIpc) is 2.80. The number of hydrogen-bond donors (Lipinski definition) is 3. The molecule has 0 unspecified atom stereocenters. The van der Waals surface area contributed by atoms with Crippen LogP contribution in [-0.2, 0) is 0 Å².